The topological polar surface area (TPSA) is 66.9 Å². The lowest BCUT2D eigenvalue weighted by atomic mass is 10.1. The molecule has 1 saturated heterocycles. The van der Waals surface area contributed by atoms with E-state index in [0.717, 1.165) is 34.6 Å². The van der Waals surface area contributed by atoms with Crippen molar-refractivity contribution < 1.29 is 17.9 Å². The highest BCUT2D eigenvalue weighted by atomic mass is 35.7. The number of carbonyl (C=O) groups excluding carboxylic acids is 1. The maximum Gasteiger partial charge on any atom is 0.264 e. The van der Waals surface area contributed by atoms with Gasteiger partial charge >= 0.3 is 0 Å². The van der Waals surface area contributed by atoms with Crippen molar-refractivity contribution in [2.75, 3.05) is 38.2 Å². The number of halogens is 1. The van der Waals surface area contributed by atoms with Gasteiger partial charge in [-0.3, -0.25) is 4.79 Å². The van der Waals surface area contributed by atoms with E-state index in [1.165, 1.54) is 11.3 Å². The summed E-state index contributed by atoms with van der Waals surface area (Å²) >= 11 is 1.39. The molecule has 1 aliphatic heterocycles. The third kappa shape index (κ3) is 4.14. The van der Waals surface area contributed by atoms with Crippen LogP contribution >= 0.6 is 22.0 Å². The van der Waals surface area contributed by atoms with Crippen LogP contribution in [0.5, 0.6) is 5.75 Å². The average molecular weight is 501 g/mol. The fourth-order valence-electron chi connectivity index (χ4n) is 4.26. The zero-order chi connectivity index (χ0) is 23.2. The van der Waals surface area contributed by atoms with E-state index in [1.807, 2.05) is 41.3 Å². The summed E-state index contributed by atoms with van der Waals surface area (Å²) in [6.45, 7) is 2.70. The smallest absolute Gasteiger partial charge is 0.264 e. The number of rotatable bonds is 4. The van der Waals surface area contributed by atoms with Gasteiger partial charge in [0.2, 0.25) is 0 Å². The highest BCUT2D eigenvalue weighted by Gasteiger charge is 2.25. The number of nitrogens with zero attached hydrogens (tertiary/aromatic N) is 2. The summed E-state index contributed by atoms with van der Waals surface area (Å²) in [6.07, 6.45) is 0. The predicted octanol–water partition coefficient (Wildman–Crippen LogP) is 4.95. The molecule has 5 rings (SSSR count). The molecule has 0 radical (unpaired) electrons. The average Bonchev–Trinajstić information content (AvgIpc) is 3.27. The number of benzene rings is 3. The van der Waals surface area contributed by atoms with Gasteiger partial charge in [0.05, 0.1) is 16.9 Å². The number of hydrogen-bond donors (Lipinski definition) is 0. The van der Waals surface area contributed by atoms with Crippen LogP contribution in [0.2, 0.25) is 0 Å². The minimum Gasteiger partial charge on any atom is -0.497 e. The van der Waals surface area contributed by atoms with Crippen LogP contribution in [0, 0.1) is 0 Å². The van der Waals surface area contributed by atoms with Gasteiger partial charge in [-0.15, -0.1) is 11.3 Å². The number of piperazine rings is 1. The Bertz CT molecular complexity index is 1460. The van der Waals surface area contributed by atoms with E-state index in [9.17, 15) is 13.2 Å². The molecule has 6 nitrogen and oxygen atoms in total. The van der Waals surface area contributed by atoms with Gasteiger partial charge in [0, 0.05) is 58.0 Å². The Morgan fingerprint density at radius 3 is 2.27 bits per heavy atom. The molecule has 0 bridgehead atoms. The third-order valence-electron chi connectivity index (χ3n) is 5.96. The van der Waals surface area contributed by atoms with E-state index in [4.69, 9.17) is 15.4 Å². The van der Waals surface area contributed by atoms with Crippen LogP contribution in [0.4, 0.5) is 5.69 Å². The second kappa shape index (κ2) is 8.52. The predicted molar refractivity (Wildman–Crippen MR) is 133 cm³/mol. The fraction of sp³-hybridized carbons (Fsp3) is 0.208. The van der Waals surface area contributed by atoms with Crippen molar-refractivity contribution in [3.05, 3.63) is 65.5 Å². The van der Waals surface area contributed by atoms with Crippen molar-refractivity contribution in [2.45, 2.75) is 4.90 Å². The molecule has 1 aromatic heterocycles. The zero-order valence-corrected chi connectivity index (χ0v) is 20.2. The van der Waals surface area contributed by atoms with Crippen LogP contribution in [-0.4, -0.2) is 52.5 Å². The summed E-state index contributed by atoms with van der Waals surface area (Å²) in [6, 6.07) is 18.5. The fourth-order valence-corrected chi connectivity index (χ4v) is 6.50. The molecule has 0 unspecified atom stereocenters. The standard InChI is InChI=1S/C24H21ClN2O4S2/c1-31-18-8-6-17(7-9-18)26-10-12-27(13-11-26)24(28)21-14-16-15-22(33(25,29)30)19-4-2-3-5-20(19)23(16)32-21/h2-9,14-15H,10-13H2,1H3. The molecule has 4 aromatic rings. The molecule has 0 atom stereocenters. The van der Waals surface area contributed by atoms with Crippen LogP contribution < -0.4 is 9.64 Å². The lowest BCUT2D eigenvalue weighted by Crippen LogP contribution is -2.48. The molecule has 0 aliphatic carbocycles. The van der Waals surface area contributed by atoms with Gasteiger partial charge in [-0.1, -0.05) is 24.3 Å². The molecule has 1 aliphatic rings. The second-order valence-corrected chi connectivity index (χ2v) is 11.5. The molecule has 0 spiro atoms. The first-order chi connectivity index (χ1) is 15.8. The van der Waals surface area contributed by atoms with E-state index >= 15 is 0 Å². The minimum absolute atomic E-state index is 0.0371. The number of methoxy groups -OCH3 is 1. The van der Waals surface area contributed by atoms with Gasteiger partial charge in [0.1, 0.15) is 5.75 Å². The van der Waals surface area contributed by atoms with E-state index < -0.39 is 9.05 Å². The summed E-state index contributed by atoms with van der Waals surface area (Å²) in [7, 11) is 3.42. The molecule has 0 saturated carbocycles. The summed E-state index contributed by atoms with van der Waals surface area (Å²) in [5, 5.41) is 2.05. The van der Waals surface area contributed by atoms with E-state index in [-0.39, 0.29) is 10.8 Å². The number of ether oxygens (including phenoxy) is 1. The maximum atomic E-state index is 13.3. The molecule has 2 heterocycles. The van der Waals surface area contributed by atoms with Crippen molar-refractivity contribution in [3.8, 4) is 5.75 Å². The Labute approximate surface area is 200 Å². The molecule has 3 aromatic carbocycles. The Morgan fingerprint density at radius 1 is 0.970 bits per heavy atom. The van der Waals surface area contributed by atoms with Crippen LogP contribution in [-0.2, 0) is 9.05 Å². The maximum absolute atomic E-state index is 13.3. The van der Waals surface area contributed by atoms with Crippen LogP contribution in [0.15, 0.2) is 65.6 Å². The number of fused-ring (bicyclic) bond motifs is 3. The molecular formula is C24H21ClN2O4S2. The number of amides is 1. The van der Waals surface area contributed by atoms with Crippen molar-refractivity contribution in [3.63, 3.8) is 0 Å². The van der Waals surface area contributed by atoms with Gasteiger partial charge in [-0.05, 0) is 41.8 Å². The largest absolute Gasteiger partial charge is 0.497 e. The molecule has 0 N–H and O–H groups in total. The van der Waals surface area contributed by atoms with Gasteiger partial charge in [-0.2, -0.15) is 0 Å². The second-order valence-electron chi connectivity index (χ2n) is 7.86. The Kier molecular flexibility index (Phi) is 5.68. The Hall–Kier alpha value is -2.81. The van der Waals surface area contributed by atoms with Crippen molar-refractivity contribution in [2.24, 2.45) is 0 Å². The summed E-state index contributed by atoms with van der Waals surface area (Å²) < 4.78 is 30.4. The number of carbonyl (C=O) groups is 1. The van der Waals surface area contributed by atoms with Gasteiger partial charge < -0.3 is 14.5 Å². The van der Waals surface area contributed by atoms with E-state index in [0.29, 0.717) is 28.7 Å². The normalized spacial score (nSPS) is 14.7. The van der Waals surface area contributed by atoms with Gasteiger partial charge in [0.15, 0.2) is 0 Å². The highest BCUT2D eigenvalue weighted by Crippen LogP contribution is 2.38. The van der Waals surface area contributed by atoms with Crippen molar-refractivity contribution >= 4 is 63.5 Å². The van der Waals surface area contributed by atoms with Crippen LogP contribution in [0.3, 0.4) is 0 Å². The lowest BCUT2D eigenvalue weighted by molar-refractivity contribution is 0.0751. The summed E-state index contributed by atoms with van der Waals surface area (Å²) in [4.78, 5) is 18.0. The SMILES string of the molecule is COc1ccc(N2CCN(C(=O)c3cc4cc(S(=O)(=O)Cl)c5ccccc5c4s3)CC2)cc1. The van der Waals surface area contributed by atoms with Crippen LogP contribution in [0.25, 0.3) is 20.9 Å². The first-order valence-electron chi connectivity index (χ1n) is 10.4. The van der Waals surface area contributed by atoms with Crippen molar-refractivity contribution in [1.82, 2.24) is 4.90 Å². The molecule has 1 amide bonds. The summed E-state index contributed by atoms with van der Waals surface area (Å²) in [5.41, 5.74) is 1.10. The zero-order valence-electron chi connectivity index (χ0n) is 17.8. The third-order valence-corrected chi connectivity index (χ3v) is 8.50. The van der Waals surface area contributed by atoms with Gasteiger partial charge in [0.25, 0.3) is 15.0 Å². The minimum atomic E-state index is -3.92. The first-order valence-corrected chi connectivity index (χ1v) is 13.6. The van der Waals surface area contributed by atoms with E-state index in [1.54, 1.807) is 31.4 Å². The first kappa shape index (κ1) is 22.0. The van der Waals surface area contributed by atoms with Gasteiger partial charge in [-0.25, -0.2) is 8.42 Å². The summed E-state index contributed by atoms with van der Waals surface area (Å²) in [5.74, 6) is 0.778. The number of thiophene rings is 1. The monoisotopic (exact) mass is 500 g/mol. The quantitative estimate of drug-likeness (QED) is 0.371. The number of hydrogen-bond acceptors (Lipinski definition) is 6. The molecule has 170 valence electrons. The van der Waals surface area contributed by atoms with E-state index in [2.05, 4.69) is 4.90 Å². The lowest BCUT2D eigenvalue weighted by Gasteiger charge is -2.36. The number of anilines is 1. The van der Waals surface area contributed by atoms with Crippen LogP contribution in [0.1, 0.15) is 9.67 Å². The molecule has 33 heavy (non-hydrogen) atoms. The molecule has 9 heteroatoms. The molecule has 1 fully saturated rings. The Balaban J connectivity index is 1.41. The Morgan fingerprint density at radius 2 is 1.64 bits per heavy atom. The van der Waals surface area contributed by atoms with Crippen molar-refractivity contribution in [1.29, 1.82) is 0 Å². The molecular weight excluding hydrogens is 480 g/mol. The highest BCUT2D eigenvalue weighted by molar-refractivity contribution is 8.14.